The van der Waals surface area contributed by atoms with E-state index in [1.165, 1.54) is 0 Å². The van der Waals surface area contributed by atoms with E-state index in [0.29, 0.717) is 19.1 Å². The summed E-state index contributed by atoms with van der Waals surface area (Å²) in [5.41, 5.74) is 6.89. The summed E-state index contributed by atoms with van der Waals surface area (Å²) in [5.74, 6) is 1.40. The zero-order valence-corrected chi connectivity index (χ0v) is 14.1. The van der Waals surface area contributed by atoms with Crippen LogP contribution in [-0.2, 0) is 6.54 Å². The lowest BCUT2D eigenvalue weighted by Gasteiger charge is -2.18. The van der Waals surface area contributed by atoms with Crippen LogP contribution in [0, 0.1) is 0 Å². The number of hydrogen-bond acceptors (Lipinski definition) is 3. The molecule has 1 rings (SSSR count). The quantitative estimate of drug-likeness (QED) is 0.514. The van der Waals surface area contributed by atoms with Crippen molar-refractivity contribution >= 4 is 5.96 Å². The van der Waals surface area contributed by atoms with Crippen molar-refractivity contribution in [1.29, 1.82) is 0 Å². The van der Waals surface area contributed by atoms with E-state index in [2.05, 4.69) is 36.0 Å². The van der Waals surface area contributed by atoms with Gasteiger partial charge in [0.1, 0.15) is 12.4 Å². The van der Waals surface area contributed by atoms with E-state index in [1.807, 2.05) is 24.3 Å². The van der Waals surface area contributed by atoms with Gasteiger partial charge in [0.25, 0.3) is 0 Å². The molecule has 0 fully saturated rings. The molecule has 5 nitrogen and oxygen atoms in total. The Morgan fingerprint density at radius 3 is 2.45 bits per heavy atom. The number of ether oxygens (including phenoxy) is 1. The van der Waals surface area contributed by atoms with E-state index in [9.17, 15) is 0 Å². The van der Waals surface area contributed by atoms with Crippen molar-refractivity contribution in [2.75, 3.05) is 32.8 Å². The molecule has 0 unspecified atom stereocenters. The fraction of sp³-hybridized carbons (Fsp3) is 0.588. The van der Waals surface area contributed by atoms with E-state index >= 15 is 0 Å². The lowest BCUT2D eigenvalue weighted by Crippen LogP contribution is -2.32. The van der Waals surface area contributed by atoms with Crippen LogP contribution in [0.1, 0.15) is 32.8 Å². The van der Waals surface area contributed by atoms with Gasteiger partial charge in [0.2, 0.25) is 0 Å². The van der Waals surface area contributed by atoms with Gasteiger partial charge in [-0.2, -0.15) is 0 Å². The smallest absolute Gasteiger partial charge is 0.188 e. The van der Waals surface area contributed by atoms with Crippen molar-refractivity contribution in [1.82, 2.24) is 10.2 Å². The van der Waals surface area contributed by atoms with Crippen LogP contribution in [0.15, 0.2) is 29.3 Å². The second-order valence-electron chi connectivity index (χ2n) is 5.15. The largest absolute Gasteiger partial charge is 0.492 e. The maximum atomic E-state index is 5.77. The van der Waals surface area contributed by atoms with Crippen molar-refractivity contribution in [3.63, 3.8) is 0 Å². The summed E-state index contributed by atoms with van der Waals surface area (Å²) < 4.78 is 5.76. The highest BCUT2D eigenvalue weighted by atomic mass is 16.5. The number of likely N-dealkylation sites (N-methyl/N-ethyl adjacent to an activating group) is 1. The van der Waals surface area contributed by atoms with Crippen LogP contribution >= 0.6 is 0 Å². The third kappa shape index (κ3) is 7.31. The predicted molar refractivity (Wildman–Crippen MR) is 93.3 cm³/mol. The normalized spacial score (nSPS) is 11.7. The van der Waals surface area contributed by atoms with Crippen molar-refractivity contribution in [3.8, 4) is 5.75 Å². The van der Waals surface area contributed by atoms with Crippen LogP contribution in [0.25, 0.3) is 0 Å². The highest BCUT2D eigenvalue weighted by Gasteiger charge is 2.00. The minimum absolute atomic E-state index is 0.501. The molecule has 3 N–H and O–H groups in total. The van der Waals surface area contributed by atoms with E-state index in [-0.39, 0.29) is 0 Å². The standard InChI is InChI=1S/C17H30N4O/c1-4-11-19-17(18)20-14-15-7-9-16(10-8-15)22-13-12-21(5-2)6-3/h7-10H,4-6,11-14H2,1-3H3,(H3,18,19,20). The molecule has 0 saturated carbocycles. The Morgan fingerprint density at radius 1 is 1.18 bits per heavy atom. The van der Waals surface area contributed by atoms with Gasteiger partial charge in [0.05, 0.1) is 6.54 Å². The molecule has 0 heterocycles. The molecule has 0 spiro atoms. The molecule has 1 aromatic rings. The van der Waals surface area contributed by atoms with Crippen LogP contribution in [0.2, 0.25) is 0 Å². The molecule has 124 valence electrons. The van der Waals surface area contributed by atoms with Crippen LogP contribution in [-0.4, -0.2) is 43.6 Å². The molecule has 0 atom stereocenters. The molecule has 0 aliphatic rings. The number of aliphatic imine (C=N–C) groups is 1. The fourth-order valence-corrected chi connectivity index (χ4v) is 2.01. The van der Waals surface area contributed by atoms with Gasteiger partial charge >= 0.3 is 0 Å². The molecule has 1 aromatic carbocycles. The van der Waals surface area contributed by atoms with Gasteiger partial charge in [0, 0.05) is 13.1 Å². The van der Waals surface area contributed by atoms with Crippen molar-refractivity contribution in [3.05, 3.63) is 29.8 Å². The van der Waals surface area contributed by atoms with E-state index in [0.717, 1.165) is 43.9 Å². The van der Waals surface area contributed by atoms with Gasteiger partial charge in [-0.15, -0.1) is 0 Å². The highest BCUT2D eigenvalue weighted by Crippen LogP contribution is 2.12. The minimum atomic E-state index is 0.501. The van der Waals surface area contributed by atoms with Crippen LogP contribution in [0.5, 0.6) is 5.75 Å². The summed E-state index contributed by atoms with van der Waals surface area (Å²) >= 11 is 0. The molecule has 0 amide bonds. The first-order chi connectivity index (χ1) is 10.7. The number of nitrogens with two attached hydrogens (primary N) is 1. The van der Waals surface area contributed by atoms with Crippen LogP contribution in [0.3, 0.4) is 0 Å². The average Bonchev–Trinajstić information content (AvgIpc) is 2.56. The number of hydrogen-bond donors (Lipinski definition) is 2. The number of guanidine groups is 1. The average molecular weight is 306 g/mol. The molecule has 0 radical (unpaired) electrons. The third-order valence-electron chi connectivity index (χ3n) is 3.48. The molecular weight excluding hydrogens is 276 g/mol. The topological polar surface area (TPSA) is 62.9 Å². The van der Waals surface area contributed by atoms with Gasteiger partial charge in [-0.3, -0.25) is 0 Å². The lowest BCUT2D eigenvalue weighted by atomic mass is 10.2. The van der Waals surface area contributed by atoms with Crippen LogP contribution < -0.4 is 15.8 Å². The van der Waals surface area contributed by atoms with Crippen LogP contribution in [0.4, 0.5) is 0 Å². The number of nitrogens with one attached hydrogen (secondary N) is 1. The Hall–Kier alpha value is -1.75. The molecule has 0 aliphatic heterocycles. The first-order valence-corrected chi connectivity index (χ1v) is 8.17. The third-order valence-corrected chi connectivity index (χ3v) is 3.48. The number of nitrogens with zero attached hydrogens (tertiary/aromatic N) is 2. The maximum absolute atomic E-state index is 5.77. The molecule has 0 saturated heterocycles. The molecular formula is C17H30N4O. The Labute approximate surface area is 134 Å². The summed E-state index contributed by atoms with van der Waals surface area (Å²) in [5, 5.41) is 3.06. The second kappa shape index (κ2) is 10.9. The van der Waals surface area contributed by atoms with E-state index < -0.39 is 0 Å². The van der Waals surface area contributed by atoms with Crippen molar-refractivity contribution in [2.45, 2.75) is 33.7 Å². The molecule has 22 heavy (non-hydrogen) atoms. The zero-order valence-electron chi connectivity index (χ0n) is 14.1. The molecule has 0 bridgehead atoms. The number of benzene rings is 1. The van der Waals surface area contributed by atoms with E-state index in [4.69, 9.17) is 10.5 Å². The fourth-order valence-electron chi connectivity index (χ4n) is 2.01. The minimum Gasteiger partial charge on any atom is -0.492 e. The summed E-state index contributed by atoms with van der Waals surface area (Å²) in [6, 6.07) is 8.04. The first kappa shape index (κ1) is 18.3. The Bertz CT molecular complexity index is 427. The Morgan fingerprint density at radius 2 is 1.86 bits per heavy atom. The number of rotatable bonds is 10. The van der Waals surface area contributed by atoms with Crippen molar-refractivity contribution < 1.29 is 4.74 Å². The predicted octanol–water partition coefficient (Wildman–Crippen LogP) is 2.22. The molecule has 5 heteroatoms. The Kier molecular flexibility index (Phi) is 9.07. The van der Waals surface area contributed by atoms with Gasteiger partial charge in [-0.1, -0.05) is 32.9 Å². The van der Waals surface area contributed by atoms with E-state index in [1.54, 1.807) is 0 Å². The lowest BCUT2D eigenvalue weighted by molar-refractivity contribution is 0.223. The molecule has 0 aromatic heterocycles. The summed E-state index contributed by atoms with van der Waals surface area (Å²) in [7, 11) is 0. The van der Waals surface area contributed by atoms with Gasteiger partial charge in [0.15, 0.2) is 5.96 Å². The molecule has 0 aliphatic carbocycles. The first-order valence-electron chi connectivity index (χ1n) is 8.17. The second-order valence-corrected chi connectivity index (χ2v) is 5.15. The SMILES string of the molecule is CCCNC(N)=NCc1ccc(OCCN(CC)CC)cc1. The summed E-state index contributed by atoms with van der Waals surface area (Å²) in [4.78, 5) is 6.65. The van der Waals surface area contributed by atoms with Gasteiger partial charge < -0.3 is 20.7 Å². The summed E-state index contributed by atoms with van der Waals surface area (Å²) in [6.07, 6.45) is 1.04. The summed E-state index contributed by atoms with van der Waals surface area (Å²) in [6.45, 7) is 11.7. The Balaban J connectivity index is 2.36. The van der Waals surface area contributed by atoms with Gasteiger partial charge in [-0.05, 0) is 37.2 Å². The zero-order chi connectivity index (χ0) is 16.2. The maximum Gasteiger partial charge on any atom is 0.188 e. The van der Waals surface area contributed by atoms with Gasteiger partial charge in [-0.25, -0.2) is 4.99 Å². The highest BCUT2D eigenvalue weighted by molar-refractivity contribution is 5.77. The van der Waals surface area contributed by atoms with Crippen molar-refractivity contribution in [2.24, 2.45) is 10.7 Å². The monoisotopic (exact) mass is 306 g/mol.